The van der Waals surface area contributed by atoms with Crippen molar-refractivity contribution in [3.63, 3.8) is 0 Å². The maximum absolute atomic E-state index is 14.2. The second-order valence-electron chi connectivity index (χ2n) is 14.4. The number of anilines is 2. The molecule has 2 aromatic heterocycles. The fourth-order valence-corrected chi connectivity index (χ4v) is 8.83. The molecule has 1 aliphatic rings. The van der Waals surface area contributed by atoms with Crippen LogP contribution in [0.2, 0.25) is 5.02 Å². The largest absolute Gasteiger partial charge is 0.381 e. The van der Waals surface area contributed by atoms with Crippen LogP contribution < -0.4 is 10.6 Å². The molecule has 18 heteroatoms. The fourth-order valence-electron chi connectivity index (χ4n) is 4.93. The summed E-state index contributed by atoms with van der Waals surface area (Å²) in [4.78, 5) is 30.1. The van der Waals surface area contributed by atoms with Crippen molar-refractivity contribution in [2.75, 3.05) is 23.8 Å². The summed E-state index contributed by atoms with van der Waals surface area (Å²) >= 11 is 7.20. The van der Waals surface area contributed by atoms with Crippen LogP contribution in [0.15, 0.2) is 69.0 Å². The number of ether oxygens (including phenoxy) is 1. The highest BCUT2D eigenvalue weighted by Crippen LogP contribution is 2.35. The number of nitriles is 1. The Kier molecular flexibility index (Phi) is 12.8. The van der Waals surface area contributed by atoms with Crippen molar-refractivity contribution in [2.24, 2.45) is 0 Å². The average molecular weight is 822 g/mol. The molecule has 1 saturated heterocycles. The zero-order valence-electron chi connectivity index (χ0n) is 30.7. The third kappa shape index (κ3) is 9.17. The monoisotopic (exact) mass is 821 g/mol. The summed E-state index contributed by atoms with van der Waals surface area (Å²) in [7, 11) is -8.29. The quantitative estimate of drug-likeness (QED) is 0.175. The number of halogens is 2. The molecule has 0 atom stereocenters. The van der Waals surface area contributed by atoms with Gasteiger partial charge in [0.25, 0.3) is 0 Å². The Hall–Kier alpha value is -4.21. The number of carbonyl (C=O) groups is 2. The molecule has 13 nitrogen and oxygen atoms in total. The van der Waals surface area contributed by atoms with E-state index in [2.05, 4.69) is 20.8 Å². The van der Waals surface area contributed by atoms with Gasteiger partial charge in [-0.25, -0.2) is 26.2 Å². The third-order valence-electron chi connectivity index (χ3n) is 8.77. The number of amides is 2. The number of hydrogen-bond acceptors (Lipinski definition) is 12. The van der Waals surface area contributed by atoms with E-state index < -0.39 is 51.7 Å². The molecule has 5 rings (SSSR count). The van der Waals surface area contributed by atoms with E-state index in [1.807, 2.05) is 20.8 Å². The van der Waals surface area contributed by atoms with Crippen LogP contribution in [0.1, 0.15) is 83.4 Å². The molecule has 0 radical (unpaired) electrons. The first-order valence-electron chi connectivity index (χ1n) is 16.6. The first-order valence-corrected chi connectivity index (χ1v) is 20.8. The molecule has 0 saturated carbocycles. The first kappa shape index (κ1) is 42.5. The van der Waals surface area contributed by atoms with E-state index in [1.165, 1.54) is 75.4 Å². The molecular weight excluding hydrogens is 781 g/mol. The van der Waals surface area contributed by atoms with Crippen LogP contribution in [-0.4, -0.2) is 61.5 Å². The lowest BCUT2D eigenvalue weighted by atomic mass is 9.93. The standard InChI is InChI=1S/C18H21ClN2O4S2.C18H20FN3O4S/c1-18(2,27(23,24)14-5-3-13(19)4-6-14)16(22)21-17-20-11-15(26-17)12-7-9-25-10-8-12;1-17(2,3)14-9-15(22-26-14)21-16(23)18(4,5)27(24,25)13-7-6-11(10-20)8-12(13)19/h3-6,11-12H,7-10H2,1-2H3,(H,20,21,22);6-9H,1-5H3,(H,21,22,23). The van der Waals surface area contributed by atoms with Gasteiger partial charge in [0.05, 0.1) is 16.5 Å². The Morgan fingerprint density at radius 2 is 1.50 bits per heavy atom. The maximum atomic E-state index is 14.2. The van der Waals surface area contributed by atoms with E-state index in [9.17, 15) is 30.8 Å². The van der Waals surface area contributed by atoms with Crippen LogP contribution in [0.25, 0.3) is 0 Å². The van der Waals surface area contributed by atoms with Gasteiger partial charge in [-0.3, -0.25) is 9.59 Å². The van der Waals surface area contributed by atoms with Crippen molar-refractivity contribution in [3.8, 4) is 6.07 Å². The number of sulfone groups is 2. The fraction of sp³-hybridized carbons (Fsp3) is 0.417. The average Bonchev–Trinajstić information content (AvgIpc) is 3.79. The van der Waals surface area contributed by atoms with Crippen LogP contribution >= 0.6 is 22.9 Å². The zero-order chi connectivity index (χ0) is 40.3. The highest BCUT2D eigenvalue weighted by Gasteiger charge is 2.45. The smallest absolute Gasteiger partial charge is 0.247 e. The summed E-state index contributed by atoms with van der Waals surface area (Å²) in [5, 5.41) is 18.4. The molecule has 4 aromatic rings. The number of carbonyl (C=O) groups excluding carboxylic acids is 2. The molecule has 0 aliphatic carbocycles. The molecule has 0 bridgehead atoms. The first-order chi connectivity index (χ1) is 25.0. The van der Waals surface area contributed by atoms with Gasteiger partial charge in [0.1, 0.15) is 26.0 Å². The van der Waals surface area contributed by atoms with E-state index in [-0.39, 0.29) is 21.7 Å². The maximum Gasteiger partial charge on any atom is 0.247 e. The Balaban J connectivity index is 0.000000241. The second-order valence-corrected chi connectivity index (χ2v) is 20.9. The van der Waals surface area contributed by atoms with Crippen LogP contribution in [0.3, 0.4) is 0 Å². The summed E-state index contributed by atoms with van der Waals surface area (Å²) in [5.41, 5.74) is -0.366. The highest BCUT2D eigenvalue weighted by atomic mass is 35.5. The summed E-state index contributed by atoms with van der Waals surface area (Å²) in [6.45, 7) is 12.2. The topological polar surface area (TPSA) is 198 Å². The number of benzene rings is 2. The Bertz CT molecular complexity index is 2270. The lowest BCUT2D eigenvalue weighted by Crippen LogP contribution is -2.44. The second kappa shape index (κ2) is 16.3. The number of nitrogens with one attached hydrogen (secondary N) is 2. The molecule has 290 valence electrons. The molecule has 2 aromatic carbocycles. The van der Waals surface area contributed by atoms with Gasteiger partial charge in [-0.2, -0.15) is 5.26 Å². The van der Waals surface area contributed by atoms with Gasteiger partial charge in [0, 0.05) is 40.8 Å². The Morgan fingerprint density at radius 3 is 2.06 bits per heavy atom. The summed E-state index contributed by atoms with van der Waals surface area (Å²) in [6, 6.07) is 12.0. The number of aromatic nitrogens is 2. The van der Waals surface area contributed by atoms with Gasteiger partial charge in [-0.05, 0) is 88.9 Å². The van der Waals surface area contributed by atoms with E-state index in [0.717, 1.165) is 43.1 Å². The molecule has 2 amide bonds. The van der Waals surface area contributed by atoms with Gasteiger partial charge >= 0.3 is 0 Å². The highest BCUT2D eigenvalue weighted by molar-refractivity contribution is 7.94. The Morgan fingerprint density at radius 1 is 0.907 bits per heavy atom. The normalized spacial score (nSPS) is 14.4. The minimum Gasteiger partial charge on any atom is -0.381 e. The van der Waals surface area contributed by atoms with Crippen molar-refractivity contribution in [1.29, 1.82) is 5.26 Å². The lowest BCUT2D eigenvalue weighted by molar-refractivity contribution is -0.118. The molecule has 1 fully saturated rings. The zero-order valence-corrected chi connectivity index (χ0v) is 33.9. The number of hydrogen-bond donors (Lipinski definition) is 2. The van der Waals surface area contributed by atoms with E-state index in [1.54, 1.807) is 12.3 Å². The van der Waals surface area contributed by atoms with Crippen molar-refractivity contribution < 1.29 is 40.1 Å². The predicted octanol–water partition coefficient (Wildman–Crippen LogP) is 7.06. The Labute approximate surface area is 323 Å². The number of rotatable bonds is 9. The molecule has 0 unspecified atom stereocenters. The number of thiazole rings is 1. The van der Waals surface area contributed by atoms with Crippen molar-refractivity contribution in [3.05, 3.63) is 81.8 Å². The van der Waals surface area contributed by atoms with Gasteiger partial charge in [0.2, 0.25) is 11.8 Å². The molecule has 3 heterocycles. The summed E-state index contributed by atoms with van der Waals surface area (Å²) in [5.74, 6) is -1.66. The van der Waals surface area contributed by atoms with E-state index >= 15 is 0 Å². The SMILES string of the molecule is CC(C)(C(=O)Nc1ncc(C2CCOCC2)s1)S(=O)(=O)c1ccc(Cl)cc1.CC(C)(C)c1cc(NC(=O)C(C)(C)S(=O)(=O)c2ccc(C#N)cc2F)no1. The van der Waals surface area contributed by atoms with E-state index in [4.69, 9.17) is 26.1 Å². The summed E-state index contributed by atoms with van der Waals surface area (Å²) in [6.07, 6.45) is 3.59. The van der Waals surface area contributed by atoms with Crippen LogP contribution in [0.5, 0.6) is 0 Å². The minimum atomic E-state index is -4.39. The number of nitrogens with zero attached hydrogens (tertiary/aromatic N) is 3. The van der Waals surface area contributed by atoms with Gasteiger partial charge in [-0.1, -0.05) is 37.5 Å². The molecule has 54 heavy (non-hydrogen) atoms. The van der Waals surface area contributed by atoms with Crippen molar-refractivity contribution in [1.82, 2.24) is 10.1 Å². The molecular formula is C36H41ClFN5O8S3. The molecule has 2 N–H and O–H groups in total. The minimum absolute atomic E-state index is 0.0222. The van der Waals surface area contributed by atoms with Crippen LogP contribution in [0.4, 0.5) is 15.3 Å². The van der Waals surface area contributed by atoms with Crippen LogP contribution in [-0.2, 0) is 39.4 Å². The van der Waals surface area contributed by atoms with Gasteiger partial charge in [-0.15, -0.1) is 11.3 Å². The van der Waals surface area contributed by atoms with E-state index in [0.29, 0.717) is 21.8 Å². The predicted molar refractivity (Wildman–Crippen MR) is 202 cm³/mol. The van der Waals surface area contributed by atoms with Crippen molar-refractivity contribution >= 4 is 65.4 Å². The van der Waals surface area contributed by atoms with Gasteiger partial charge in [0.15, 0.2) is 30.6 Å². The summed E-state index contributed by atoms with van der Waals surface area (Å²) < 4.78 is 72.6. The molecule has 1 aliphatic heterocycles. The lowest BCUT2D eigenvalue weighted by Gasteiger charge is -2.23. The van der Waals surface area contributed by atoms with Crippen molar-refractivity contribution in [2.45, 2.75) is 91.9 Å². The third-order valence-corrected chi connectivity index (χ3v) is 15.0. The van der Waals surface area contributed by atoms with Crippen LogP contribution in [0, 0.1) is 17.1 Å². The molecule has 0 spiro atoms. The van der Waals surface area contributed by atoms with Gasteiger partial charge < -0.3 is 19.9 Å².